The SMILES string of the molecule is COc1ccc(-c2coc3c4c(cc(O)c3c2=O)OC(=O)C[C@@H]4c2cccnc2)cc1. The molecule has 7 heteroatoms. The fraction of sp³-hybridized carbons (Fsp3) is 0.125. The molecule has 3 heterocycles. The molecule has 0 amide bonds. The van der Waals surface area contributed by atoms with E-state index < -0.39 is 11.9 Å². The molecule has 0 aliphatic carbocycles. The van der Waals surface area contributed by atoms with E-state index in [-0.39, 0.29) is 34.3 Å². The Hall–Kier alpha value is -4.13. The molecule has 4 aromatic rings. The van der Waals surface area contributed by atoms with Gasteiger partial charge in [0.25, 0.3) is 0 Å². The summed E-state index contributed by atoms with van der Waals surface area (Å²) in [5.41, 5.74) is 2.07. The number of hydrogen-bond acceptors (Lipinski definition) is 7. The number of nitrogens with zero attached hydrogens (tertiary/aromatic N) is 1. The molecule has 0 saturated heterocycles. The van der Waals surface area contributed by atoms with Gasteiger partial charge in [0.2, 0.25) is 5.43 Å². The summed E-state index contributed by atoms with van der Waals surface area (Å²) in [6, 6.07) is 11.9. The number of pyridine rings is 1. The van der Waals surface area contributed by atoms with Crippen LogP contribution in [0.15, 0.2) is 70.3 Å². The van der Waals surface area contributed by atoms with Crippen molar-refractivity contribution in [1.82, 2.24) is 4.98 Å². The minimum absolute atomic E-state index is 0.0407. The number of phenols is 1. The van der Waals surface area contributed by atoms with Crippen LogP contribution in [0, 0.1) is 0 Å². The van der Waals surface area contributed by atoms with Crippen LogP contribution in [-0.2, 0) is 4.79 Å². The Morgan fingerprint density at radius 1 is 1.16 bits per heavy atom. The highest BCUT2D eigenvalue weighted by Crippen LogP contribution is 2.45. The zero-order valence-electron chi connectivity index (χ0n) is 16.5. The quantitative estimate of drug-likeness (QED) is 0.399. The first-order valence-corrected chi connectivity index (χ1v) is 9.63. The molecule has 1 N–H and O–H groups in total. The lowest BCUT2D eigenvalue weighted by molar-refractivity contribution is -0.135. The third kappa shape index (κ3) is 3.11. The van der Waals surface area contributed by atoms with E-state index in [4.69, 9.17) is 13.9 Å². The molecule has 0 spiro atoms. The number of fused-ring (bicyclic) bond motifs is 3. The van der Waals surface area contributed by atoms with Crippen LogP contribution in [0.4, 0.5) is 0 Å². The van der Waals surface area contributed by atoms with Crippen molar-refractivity contribution in [2.24, 2.45) is 0 Å². The monoisotopic (exact) mass is 415 g/mol. The number of methoxy groups -OCH3 is 1. The lowest BCUT2D eigenvalue weighted by Gasteiger charge is -2.25. The summed E-state index contributed by atoms with van der Waals surface area (Å²) in [6.07, 6.45) is 4.74. The third-order valence-electron chi connectivity index (χ3n) is 5.46. The molecule has 31 heavy (non-hydrogen) atoms. The highest BCUT2D eigenvalue weighted by atomic mass is 16.5. The number of phenolic OH excluding ortho intramolecular Hbond substituents is 1. The van der Waals surface area contributed by atoms with Crippen LogP contribution >= 0.6 is 0 Å². The highest BCUT2D eigenvalue weighted by Gasteiger charge is 2.33. The van der Waals surface area contributed by atoms with Gasteiger partial charge < -0.3 is 19.0 Å². The number of hydrogen-bond donors (Lipinski definition) is 1. The van der Waals surface area contributed by atoms with E-state index in [1.165, 1.54) is 12.3 Å². The summed E-state index contributed by atoms with van der Waals surface area (Å²) in [4.78, 5) is 29.7. The summed E-state index contributed by atoms with van der Waals surface area (Å²) >= 11 is 0. The fourth-order valence-electron chi connectivity index (χ4n) is 3.97. The summed E-state index contributed by atoms with van der Waals surface area (Å²) in [7, 11) is 1.56. The van der Waals surface area contributed by atoms with Gasteiger partial charge in [-0.15, -0.1) is 0 Å². The van der Waals surface area contributed by atoms with E-state index in [0.717, 1.165) is 5.56 Å². The predicted molar refractivity (Wildman–Crippen MR) is 112 cm³/mol. The standard InChI is InChI=1S/C24H17NO6/c1-29-15-6-4-13(5-7-15)17-12-30-24-21-16(14-3-2-8-25-11-14)9-20(27)31-19(21)10-18(26)22(24)23(17)28/h2-8,10-12,16,26H,9H2,1H3/t16-/m1/s1. The minimum atomic E-state index is -0.433. The largest absolute Gasteiger partial charge is 0.507 e. The van der Waals surface area contributed by atoms with Crippen LogP contribution < -0.4 is 14.9 Å². The summed E-state index contributed by atoms with van der Waals surface area (Å²) in [6.45, 7) is 0. The Morgan fingerprint density at radius 2 is 1.97 bits per heavy atom. The average Bonchev–Trinajstić information content (AvgIpc) is 2.79. The second-order valence-corrected chi connectivity index (χ2v) is 7.24. The van der Waals surface area contributed by atoms with Crippen molar-refractivity contribution < 1.29 is 23.8 Å². The third-order valence-corrected chi connectivity index (χ3v) is 5.46. The van der Waals surface area contributed by atoms with Crippen molar-refractivity contribution in [2.75, 3.05) is 7.11 Å². The first-order chi connectivity index (χ1) is 15.1. The molecule has 7 nitrogen and oxygen atoms in total. The van der Waals surface area contributed by atoms with Gasteiger partial charge in [0, 0.05) is 29.9 Å². The number of rotatable bonds is 3. The smallest absolute Gasteiger partial charge is 0.312 e. The van der Waals surface area contributed by atoms with Crippen LogP contribution in [0.25, 0.3) is 22.1 Å². The van der Waals surface area contributed by atoms with E-state index in [2.05, 4.69) is 4.98 Å². The van der Waals surface area contributed by atoms with Crippen LogP contribution in [-0.4, -0.2) is 23.2 Å². The number of aromatic hydroxyl groups is 1. The molecule has 5 rings (SSSR count). The molecule has 154 valence electrons. The van der Waals surface area contributed by atoms with Crippen molar-refractivity contribution in [3.8, 4) is 28.4 Å². The van der Waals surface area contributed by atoms with E-state index in [1.807, 2.05) is 6.07 Å². The number of aromatic nitrogens is 1. The first kappa shape index (κ1) is 18.9. The van der Waals surface area contributed by atoms with Crippen molar-refractivity contribution in [3.05, 3.63) is 82.5 Å². The molecule has 0 fully saturated rings. The van der Waals surface area contributed by atoms with Crippen molar-refractivity contribution in [2.45, 2.75) is 12.3 Å². The Morgan fingerprint density at radius 3 is 2.68 bits per heavy atom. The Labute approximate surface area is 176 Å². The van der Waals surface area contributed by atoms with E-state index in [0.29, 0.717) is 22.4 Å². The summed E-state index contributed by atoms with van der Waals surface area (Å²) < 4.78 is 16.4. The van der Waals surface area contributed by atoms with Crippen molar-refractivity contribution in [3.63, 3.8) is 0 Å². The Balaban J connectivity index is 1.75. The minimum Gasteiger partial charge on any atom is -0.507 e. The number of ether oxygens (including phenoxy) is 2. The molecule has 0 saturated carbocycles. The van der Waals surface area contributed by atoms with Crippen molar-refractivity contribution >= 4 is 16.9 Å². The average molecular weight is 415 g/mol. The van der Waals surface area contributed by atoms with Gasteiger partial charge >= 0.3 is 5.97 Å². The zero-order valence-corrected chi connectivity index (χ0v) is 16.5. The van der Waals surface area contributed by atoms with Crippen molar-refractivity contribution in [1.29, 1.82) is 0 Å². The van der Waals surface area contributed by atoms with Crippen LogP contribution in [0.5, 0.6) is 17.2 Å². The zero-order chi connectivity index (χ0) is 21.5. The Bertz CT molecular complexity index is 1360. The first-order valence-electron chi connectivity index (χ1n) is 9.63. The molecule has 1 aliphatic heterocycles. The van der Waals surface area contributed by atoms with Gasteiger partial charge in [0.1, 0.15) is 34.5 Å². The molecule has 0 bridgehead atoms. The van der Waals surface area contributed by atoms with Gasteiger partial charge in [-0.1, -0.05) is 18.2 Å². The molecule has 1 aliphatic rings. The number of carbonyl (C=O) groups excluding carboxylic acids is 1. The lowest BCUT2D eigenvalue weighted by Crippen LogP contribution is -2.22. The number of esters is 1. The van der Waals surface area contributed by atoms with E-state index in [9.17, 15) is 14.7 Å². The molecule has 0 unspecified atom stereocenters. The predicted octanol–water partition coefficient (Wildman–Crippen LogP) is 4.01. The van der Waals surface area contributed by atoms with E-state index in [1.54, 1.807) is 49.8 Å². The number of carbonyl (C=O) groups is 1. The van der Waals surface area contributed by atoms with Gasteiger partial charge in [0.15, 0.2) is 0 Å². The Kier molecular flexibility index (Phi) is 4.43. The second kappa shape index (κ2) is 7.28. The molecular weight excluding hydrogens is 398 g/mol. The van der Waals surface area contributed by atoms with Gasteiger partial charge in [0.05, 0.1) is 19.1 Å². The van der Waals surface area contributed by atoms with Gasteiger partial charge in [-0.2, -0.15) is 0 Å². The summed E-state index contributed by atoms with van der Waals surface area (Å²) in [5, 5.41) is 10.7. The maximum Gasteiger partial charge on any atom is 0.312 e. The second-order valence-electron chi connectivity index (χ2n) is 7.24. The van der Waals surface area contributed by atoms with Gasteiger partial charge in [-0.3, -0.25) is 14.6 Å². The summed E-state index contributed by atoms with van der Waals surface area (Å²) in [5.74, 6) is -0.319. The molecule has 0 radical (unpaired) electrons. The van der Waals surface area contributed by atoms with Gasteiger partial charge in [-0.05, 0) is 29.3 Å². The maximum atomic E-state index is 13.3. The van der Waals surface area contributed by atoms with Crippen LogP contribution in [0.1, 0.15) is 23.5 Å². The molecule has 1 atom stereocenters. The van der Waals surface area contributed by atoms with Crippen LogP contribution in [0.2, 0.25) is 0 Å². The molecule has 2 aromatic carbocycles. The van der Waals surface area contributed by atoms with Gasteiger partial charge in [-0.25, -0.2) is 0 Å². The topological polar surface area (TPSA) is 98.9 Å². The normalized spacial score (nSPS) is 15.4. The lowest BCUT2D eigenvalue weighted by atomic mass is 9.85. The fourth-order valence-corrected chi connectivity index (χ4v) is 3.97. The van der Waals surface area contributed by atoms with E-state index >= 15 is 0 Å². The number of benzene rings is 2. The molecular formula is C24H17NO6. The maximum absolute atomic E-state index is 13.3. The molecule has 2 aromatic heterocycles. The highest BCUT2D eigenvalue weighted by molar-refractivity contribution is 5.94. The van der Waals surface area contributed by atoms with Crippen LogP contribution in [0.3, 0.4) is 0 Å².